The first-order chi connectivity index (χ1) is 15.1. The Kier molecular flexibility index (Phi) is 6.85. The van der Waals surface area contributed by atoms with Crippen LogP contribution in [0, 0.1) is 0 Å². The lowest BCUT2D eigenvalue weighted by Crippen LogP contribution is -2.62. The molecule has 0 saturated heterocycles. The average Bonchev–Trinajstić information content (AvgIpc) is 3.62. The molecule has 0 radical (unpaired) electrons. The summed E-state index contributed by atoms with van der Waals surface area (Å²) in [6, 6.07) is 0. The highest BCUT2D eigenvalue weighted by molar-refractivity contribution is 6.93. The Morgan fingerprint density at radius 1 is 0.516 bits per heavy atom. The van der Waals surface area contributed by atoms with Crippen LogP contribution in [0.15, 0.2) is 97.2 Å². The standard InChI is InChI=1S/C28H38OSi2/c1-5-23(3)30(25-15-7-8-16-25,26-17-9-10-18-26)29-31(24(4)6-2,27-19-11-12-20-27)28-21-13-14-22-28/h7-28H,5-6H2,1-4H3. The number of hydrogen-bond donors (Lipinski definition) is 0. The van der Waals surface area contributed by atoms with Gasteiger partial charge in [0.2, 0.25) is 16.6 Å². The van der Waals surface area contributed by atoms with Gasteiger partial charge in [0.25, 0.3) is 0 Å². The van der Waals surface area contributed by atoms with Crippen LogP contribution in [-0.2, 0) is 4.12 Å². The van der Waals surface area contributed by atoms with Crippen LogP contribution < -0.4 is 0 Å². The Hall–Kier alpha value is -1.69. The van der Waals surface area contributed by atoms with E-state index in [1.807, 2.05) is 0 Å². The van der Waals surface area contributed by atoms with E-state index in [-0.39, 0.29) is 0 Å². The van der Waals surface area contributed by atoms with Gasteiger partial charge in [-0.15, -0.1) is 0 Å². The molecule has 4 rings (SSSR count). The molecule has 0 aromatic carbocycles. The molecule has 0 saturated carbocycles. The second-order valence-electron chi connectivity index (χ2n) is 9.61. The number of allylic oxidation sites excluding steroid dienone is 16. The van der Waals surface area contributed by atoms with Crippen molar-refractivity contribution in [3.8, 4) is 0 Å². The zero-order valence-corrected chi connectivity index (χ0v) is 21.5. The van der Waals surface area contributed by atoms with Crippen molar-refractivity contribution >= 4 is 16.6 Å². The van der Waals surface area contributed by atoms with Crippen molar-refractivity contribution in [3.05, 3.63) is 97.2 Å². The predicted molar refractivity (Wildman–Crippen MR) is 140 cm³/mol. The monoisotopic (exact) mass is 446 g/mol. The second-order valence-corrected chi connectivity index (χ2v) is 18.5. The Morgan fingerprint density at radius 2 is 0.742 bits per heavy atom. The fourth-order valence-electron chi connectivity index (χ4n) is 6.11. The van der Waals surface area contributed by atoms with Crippen LogP contribution in [0.1, 0.15) is 40.5 Å². The summed E-state index contributed by atoms with van der Waals surface area (Å²) in [4.78, 5) is 0. The van der Waals surface area contributed by atoms with Gasteiger partial charge in [0.15, 0.2) is 0 Å². The van der Waals surface area contributed by atoms with Crippen molar-refractivity contribution < 1.29 is 4.12 Å². The highest BCUT2D eigenvalue weighted by Gasteiger charge is 2.60. The van der Waals surface area contributed by atoms with Gasteiger partial charge in [-0.05, 0) is 11.1 Å². The maximum absolute atomic E-state index is 8.13. The molecule has 0 aromatic heterocycles. The van der Waals surface area contributed by atoms with Crippen LogP contribution in [0.2, 0.25) is 33.2 Å². The first-order valence-electron chi connectivity index (χ1n) is 12.2. The van der Waals surface area contributed by atoms with E-state index in [2.05, 4.69) is 125 Å². The van der Waals surface area contributed by atoms with E-state index in [1.165, 1.54) is 12.8 Å². The fourth-order valence-corrected chi connectivity index (χ4v) is 20.4. The normalized spacial score (nSPS) is 23.4. The van der Waals surface area contributed by atoms with Crippen molar-refractivity contribution in [2.24, 2.45) is 0 Å². The lowest BCUT2D eigenvalue weighted by Gasteiger charge is -2.54. The molecule has 2 atom stereocenters. The zero-order valence-electron chi connectivity index (χ0n) is 19.5. The second kappa shape index (κ2) is 9.44. The molecule has 2 unspecified atom stereocenters. The molecule has 1 nitrogen and oxygen atoms in total. The smallest absolute Gasteiger partial charge is 0.204 e. The molecule has 31 heavy (non-hydrogen) atoms. The molecule has 0 amide bonds. The van der Waals surface area contributed by atoms with E-state index in [0.29, 0.717) is 33.2 Å². The highest BCUT2D eigenvalue weighted by atomic mass is 28.4. The maximum atomic E-state index is 8.13. The molecule has 4 aliphatic rings. The van der Waals surface area contributed by atoms with Gasteiger partial charge in [0.05, 0.1) is 0 Å². The minimum Gasteiger partial charge on any atom is -0.452 e. The summed E-state index contributed by atoms with van der Waals surface area (Å²) in [6.45, 7) is 9.67. The van der Waals surface area contributed by atoms with E-state index in [1.54, 1.807) is 0 Å². The van der Waals surface area contributed by atoms with Crippen LogP contribution in [0.5, 0.6) is 0 Å². The molecule has 0 N–H and O–H groups in total. The summed E-state index contributed by atoms with van der Waals surface area (Å²) >= 11 is 0. The van der Waals surface area contributed by atoms with Gasteiger partial charge < -0.3 is 4.12 Å². The fraction of sp³-hybridized carbons (Fsp3) is 0.429. The van der Waals surface area contributed by atoms with Gasteiger partial charge in [-0.25, -0.2) is 0 Å². The van der Waals surface area contributed by atoms with Crippen LogP contribution >= 0.6 is 0 Å². The van der Waals surface area contributed by atoms with Crippen molar-refractivity contribution in [2.45, 2.75) is 73.8 Å². The Labute approximate surface area is 191 Å². The molecular formula is C28H38OSi2. The van der Waals surface area contributed by atoms with Crippen LogP contribution in [0.4, 0.5) is 0 Å². The molecule has 0 aromatic rings. The number of rotatable bonds is 10. The Morgan fingerprint density at radius 3 is 0.935 bits per heavy atom. The topological polar surface area (TPSA) is 9.23 Å². The largest absolute Gasteiger partial charge is 0.452 e. The minimum absolute atomic E-state index is 0.430. The van der Waals surface area contributed by atoms with Crippen molar-refractivity contribution in [3.63, 3.8) is 0 Å². The molecule has 0 bridgehead atoms. The third-order valence-corrected chi connectivity index (χ3v) is 20.6. The molecule has 3 heteroatoms. The summed E-state index contributed by atoms with van der Waals surface area (Å²) in [7, 11) is -4.61. The Bertz CT molecular complexity index is 709. The van der Waals surface area contributed by atoms with Gasteiger partial charge in [0, 0.05) is 22.2 Å². The average molecular weight is 447 g/mol. The van der Waals surface area contributed by atoms with Gasteiger partial charge in [-0.1, -0.05) is 138 Å². The molecule has 0 fully saturated rings. The molecular weight excluding hydrogens is 408 g/mol. The quantitative estimate of drug-likeness (QED) is 0.306. The Balaban J connectivity index is 1.91. The van der Waals surface area contributed by atoms with E-state index >= 15 is 0 Å². The zero-order chi connectivity index (χ0) is 21.9. The summed E-state index contributed by atoms with van der Waals surface area (Å²) in [5.41, 5.74) is 2.86. The molecule has 0 spiro atoms. The third kappa shape index (κ3) is 3.75. The minimum atomic E-state index is -2.30. The highest BCUT2D eigenvalue weighted by Crippen LogP contribution is 2.57. The summed E-state index contributed by atoms with van der Waals surface area (Å²) < 4.78 is 8.13. The van der Waals surface area contributed by atoms with Gasteiger partial charge in [0.1, 0.15) is 0 Å². The SMILES string of the molecule is CCC(C)[Si](O[Si](C1C=CC=C1)(C1C=CC=C1)C(C)CC)(C1C=CC=C1)C1C=CC=C1. The molecule has 0 aliphatic heterocycles. The summed E-state index contributed by atoms with van der Waals surface area (Å²) in [6.07, 6.45) is 39.8. The van der Waals surface area contributed by atoms with Crippen molar-refractivity contribution in [1.29, 1.82) is 0 Å². The lowest BCUT2D eigenvalue weighted by molar-refractivity contribution is 0.449. The molecule has 0 heterocycles. The molecule has 4 aliphatic carbocycles. The van der Waals surface area contributed by atoms with Gasteiger partial charge >= 0.3 is 0 Å². The maximum Gasteiger partial charge on any atom is 0.204 e. The van der Waals surface area contributed by atoms with E-state index in [0.717, 1.165) is 0 Å². The van der Waals surface area contributed by atoms with E-state index in [4.69, 9.17) is 4.12 Å². The van der Waals surface area contributed by atoms with E-state index < -0.39 is 16.6 Å². The summed E-state index contributed by atoms with van der Waals surface area (Å²) in [5, 5.41) is 0. The van der Waals surface area contributed by atoms with Gasteiger partial charge in [-0.2, -0.15) is 0 Å². The van der Waals surface area contributed by atoms with Gasteiger partial charge in [-0.3, -0.25) is 0 Å². The molecule has 164 valence electrons. The van der Waals surface area contributed by atoms with Crippen LogP contribution in [-0.4, -0.2) is 16.6 Å². The van der Waals surface area contributed by atoms with Crippen molar-refractivity contribution in [2.75, 3.05) is 0 Å². The third-order valence-electron chi connectivity index (χ3n) is 8.19. The first-order valence-corrected chi connectivity index (χ1v) is 16.5. The van der Waals surface area contributed by atoms with Crippen LogP contribution in [0.3, 0.4) is 0 Å². The number of hydrogen-bond acceptors (Lipinski definition) is 1. The van der Waals surface area contributed by atoms with Crippen molar-refractivity contribution in [1.82, 2.24) is 0 Å². The van der Waals surface area contributed by atoms with E-state index in [9.17, 15) is 0 Å². The first kappa shape index (κ1) is 22.5. The lowest BCUT2D eigenvalue weighted by atomic mass is 10.4. The van der Waals surface area contributed by atoms with Crippen LogP contribution in [0.25, 0.3) is 0 Å². The predicted octanol–water partition coefficient (Wildman–Crippen LogP) is 8.48. The summed E-state index contributed by atoms with van der Waals surface area (Å²) in [5.74, 6) is 0.